The summed E-state index contributed by atoms with van der Waals surface area (Å²) in [7, 11) is 0. The van der Waals surface area contributed by atoms with Crippen molar-refractivity contribution in [2.75, 3.05) is 10.6 Å². The molecule has 1 aliphatic heterocycles. The van der Waals surface area contributed by atoms with Gasteiger partial charge in [-0.05, 0) is 55.3 Å². The maximum Gasteiger partial charge on any atom is 0.416 e. The van der Waals surface area contributed by atoms with Gasteiger partial charge in [0.05, 0.1) is 5.56 Å². The molecule has 0 radical (unpaired) electrons. The van der Waals surface area contributed by atoms with E-state index in [4.69, 9.17) is 11.6 Å². The van der Waals surface area contributed by atoms with E-state index in [2.05, 4.69) is 10.6 Å². The van der Waals surface area contributed by atoms with Crippen LogP contribution in [0.3, 0.4) is 0 Å². The van der Waals surface area contributed by atoms with Crippen LogP contribution in [0.15, 0.2) is 59.3 Å². The number of benzene rings is 2. The number of nitrogens with zero attached hydrogens (tertiary/aromatic N) is 1. The maximum absolute atomic E-state index is 12.9. The molecule has 178 valence electrons. The number of anilines is 2. The number of carbonyl (C=O) groups excluding carboxylic acids is 3. The summed E-state index contributed by atoms with van der Waals surface area (Å²) in [6.07, 6.45) is -0.0319. The van der Waals surface area contributed by atoms with Crippen LogP contribution in [0.4, 0.5) is 24.5 Å². The molecule has 2 aromatic rings. The highest BCUT2D eigenvalue weighted by Gasteiger charge is 2.42. The van der Waals surface area contributed by atoms with E-state index in [1.165, 1.54) is 41.3 Å². The first kappa shape index (κ1) is 23.8. The molecule has 10 heteroatoms. The third kappa shape index (κ3) is 4.94. The van der Waals surface area contributed by atoms with Gasteiger partial charge in [-0.2, -0.15) is 13.2 Å². The van der Waals surface area contributed by atoms with Gasteiger partial charge in [-0.1, -0.05) is 36.9 Å². The SMILES string of the molecule is O=C(Nc1cccc(C(F)(F)F)c1)c1ccc(NC2=C(Cl)C(=O)N(C3CCCCC3)C2=O)cc1. The van der Waals surface area contributed by atoms with E-state index in [1.54, 1.807) is 0 Å². The molecule has 1 fully saturated rings. The summed E-state index contributed by atoms with van der Waals surface area (Å²) >= 11 is 6.17. The van der Waals surface area contributed by atoms with Crippen molar-refractivity contribution in [3.8, 4) is 0 Å². The lowest BCUT2D eigenvalue weighted by molar-refractivity contribution is -0.141. The van der Waals surface area contributed by atoms with Crippen molar-refractivity contribution < 1.29 is 27.6 Å². The molecule has 0 atom stereocenters. The van der Waals surface area contributed by atoms with E-state index in [-0.39, 0.29) is 28.0 Å². The zero-order valence-electron chi connectivity index (χ0n) is 17.9. The molecule has 2 N–H and O–H groups in total. The van der Waals surface area contributed by atoms with Gasteiger partial charge in [0.2, 0.25) is 0 Å². The van der Waals surface area contributed by atoms with Crippen molar-refractivity contribution in [3.63, 3.8) is 0 Å². The van der Waals surface area contributed by atoms with E-state index < -0.39 is 29.5 Å². The monoisotopic (exact) mass is 491 g/mol. The highest BCUT2D eigenvalue weighted by molar-refractivity contribution is 6.48. The summed E-state index contributed by atoms with van der Waals surface area (Å²) in [6, 6.07) is 10.1. The zero-order valence-corrected chi connectivity index (χ0v) is 18.7. The molecule has 1 heterocycles. The van der Waals surface area contributed by atoms with Crippen molar-refractivity contribution >= 4 is 40.7 Å². The Labute approximate surface area is 198 Å². The molecule has 2 aromatic carbocycles. The normalized spacial score (nSPS) is 17.4. The first-order chi connectivity index (χ1) is 16.1. The van der Waals surface area contributed by atoms with Crippen LogP contribution in [-0.4, -0.2) is 28.7 Å². The Morgan fingerprint density at radius 2 is 1.62 bits per heavy atom. The minimum Gasteiger partial charge on any atom is -0.350 e. The minimum absolute atomic E-state index is 0.0110. The van der Waals surface area contributed by atoms with Crippen LogP contribution in [0.2, 0.25) is 0 Å². The second-order valence-corrected chi connectivity index (χ2v) is 8.57. The van der Waals surface area contributed by atoms with Crippen molar-refractivity contribution in [3.05, 3.63) is 70.4 Å². The molecule has 0 aromatic heterocycles. The lowest BCUT2D eigenvalue weighted by Gasteiger charge is -2.29. The van der Waals surface area contributed by atoms with Crippen LogP contribution in [-0.2, 0) is 15.8 Å². The molecule has 6 nitrogen and oxygen atoms in total. The quantitative estimate of drug-likeness (QED) is 0.540. The predicted octanol–water partition coefficient (Wildman–Crippen LogP) is 5.52. The topological polar surface area (TPSA) is 78.5 Å². The Morgan fingerprint density at radius 1 is 0.941 bits per heavy atom. The summed E-state index contributed by atoms with van der Waals surface area (Å²) < 4.78 is 38.6. The predicted molar refractivity (Wildman–Crippen MR) is 121 cm³/mol. The van der Waals surface area contributed by atoms with Crippen LogP contribution in [0.25, 0.3) is 0 Å². The molecule has 34 heavy (non-hydrogen) atoms. The average Bonchev–Trinajstić information content (AvgIpc) is 3.02. The van der Waals surface area contributed by atoms with Crippen LogP contribution >= 0.6 is 11.6 Å². The molecule has 0 bridgehead atoms. The Kier molecular flexibility index (Phi) is 6.65. The molecule has 0 unspecified atom stereocenters. The van der Waals surface area contributed by atoms with Gasteiger partial charge < -0.3 is 10.6 Å². The molecule has 2 aliphatic rings. The summed E-state index contributed by atoms with van der Waals surface area (Å²) in [5, 5.41) is 5.11. The fourth-order valence-corrected chi connectivity index (χ4v) is 4.34. The third-order valence-electron chi connectivity index (χ3n) is 5.86. The zero-order chi connectivity index (χ0) is 24.5. The van der Waals surface area contributed by atoms with E-state index in [1.807, 2.05) is 0 Å². The number of imide groups is 1. The van der Waals surface area contributed by atoms with Gasteiger partial charge in [0.1, 0.15) is 10.7 Å². The largest absolute Gasteiger partial charge is 0.416 e. The number of hydrogen-bond donors (Lipinski definition) is 2. The second-order valence-electron chi connectivity index (χ2n) is 8.20. The number of rotatable bonds is 5. The number of carbonyl (C=O) groups is 3. The molecule has 3 amide bonds. The number of hydrogen-bond acceptors (Lipinski definition) is 4. The molecule has 0 saturated heterocycles. The number of halogens is 4. The Bertz CT molecular complexity index is 1160. The Balaban J connectivity index is 1.43. The van der Waals surface area contributed by atoms with E-state index in [0.717, 1.165) is 44.2 Å². The molecular formula is C24H21ClF3N3O3. The van der Waals surface area contributed by atoms with Gasteiger partial charge >= 0.3 is 6.18 Å². The summed E-state index contributed by atoms with van der Waals surface area (Å²) in [5.74, 6) is -1.59. The van der Waals surface area contributed by atoms with Crippen LogP contribution in [0.1, 0.15) is 48.0 Å². The first-order valence-corrected chi connectivity index (χ1v) is 11.2. The smallest absolute Gasteiger partial charge is 0.350 e. The Morgan fingerprint density at radius 3 is 2.26 bits per heavy atom. The highest BCUT2D eigenvalue weighted by Crippen LogP contribution is 2.33. The lowest BCUT2D eigenvalue weighted by Crippen LogP contribution is -2.42. The van der Waals surface area contributed by atoms with Crippen LogP contribution in [0.5, 0.6) is 0 Å². The average molecular weight is 492 g/mol. The first-order valence-electron chi connectivity index (χ1n) is 10.8. The number of amides is 3. The fraction of sp³-hybridized carbons (Fsp3) is 0.292. The van der Waals surface area contributed by atoms with Crippen LogP contribution in [0, 0.1) is 0 Å². The third-order valence-corrected chi connectivity index (χ3v) is 6.21. The molecular weight excluding hydrogens is 471 g/mol. The lowest BCUT2D eigenvalue weighted by atomic mass is 9.94. The van der Waals surface area contributed by atoms with Crippen molar-refractivity contribution in [1.29, 1.82) is 0 Å². The summed E-state index contributed by atoms with van der Waals surface area (Å²) in [6.45, 7) is 0. The second kappa shape index (κ2) is 9.50. The molecule has 1 saturated carbocycles. The molecule has 1 aliphatic carbocycles. The molecule has 0 spiro atoms. The summed E-state index contributed by atoms with van der Waals surface area (Å²) in [4.78, 5) is 39.1. The highest BCUT2D eigenvalue weighted by atomic mass is 35.5. The minimum atomic E-state index is -4.52. The van der Waals surface area contributed by atoms with Gasteiger partial charge in [0.15, 0.2) is 0 Å². The Hall–Kier alpha value is -3.33. The number of nitrogens with one attached hydrogen (secondary N) is 2. The summed E-state index contributed by atoms with van der Waals surface area (Å²) in [5.41, 5.74) is -0.251. The van der Waals surface area contributed by atoms with Crippen LogP contribution < -0.4 is 10.6 Å². The van der Waals surface area contributed by atoms with Crippen molar-refractivity contribution in [2.45, 2.75) is 44.3 Å². The van der Waals surface area contributed by atoms with Gasteiger partial charge in [0.25, 0.3) is 17.7 Å². The van der Waals surface area contributed by atoms with Crippen molar-refractivity contribution in [1.82, 2.24) is 4.90 Å². The van der Waals surface area contributed by atoms with E-state index >= 15 is 0 Å². The number of alkyl halides is 3. The van der Waals surface area contributed by atoms with Gasteiger partial charge in [-0.3, -0.25) is 19.3 Å². The fourth-order valence-electron chi connectivity index (χ4n) is 4.12. The van der Waals surface area contributed by atoms with Gasteiger partial charge in [-0.25, -0.2) is 0 Å². The van der Waals surface area contributed by atoms with E-state index in [9.17, 15) is 27.6 Å². The molecule has 4 rings (SSSR count). The maximum atomic E-state index is 12.9. The van der Waals surface area contributed by atoms with Gasteiger partial charge in [-0.15, -0.1) is 0 Å². The van der Waals surface area contributed by atoms with Gasteiger partial charge in [0, 0.05) is 23.0 Å². The van der Waals surface area contributed by atoms with E-state index in [0.29, 0.717) is 5.69 Å². The van der Waals surface area contributed by atoms with Crippen molar-refractivity contribution in [2.24, 2.45) is 0 Å². The standard InChI is InChI=1S/C24H21ClF3N3O3/c25-19-20(23(34)31(22(19)33)18-7-2-1-3-8-18)29-16-11-9-14(10-12-16)21(32)30-17-6-4-5-15(13-17)24(26,27)28/h4-6,9-13,18,29H,1-3,7-8H2,(H,30,32).